The quantitative estimate of drug-likeness (QED) is 0.0414. The minimum Gasteiger partial charge on any atom is -0.395 e. The molecule has 0 aliphatic rings. The zero-order chi connectivity index (χ0) is 36.8. The van der Waals surface area contributed by atoms with Crippen LogP contribution in [0.1, 0.15) is 124 Å². The van der Waals surface area contributed by atoms with Gasteiger partial charge in [-0.25, -0.2) is 4.98 Å². The summed E-state index contributed by atoms with van der Waals surface area (Å²) < 4.78 is 13.6. The van der Waals surface area contributed by atoms with Crippen LogP contribution in [0.3, 0.4) is 0 Å². The molecule has 0 aliphatic carbocycles. The lowest BCUT2D eigenvalue weighted by Crippen LogP contribution is -2.33. The van der Waals surface area contributed by atoms with Crippen LogP contribution in [-0.2, 0) is 11.5 Å². The molecule has 0 bridgehead atoms. The van der Waals surface area contributed by atoms with E-state index in [1.54, 1.807) is 0 Å². The van der Waals surface area contributed by atoms with Crippen molar-refractivity contribution in [2.24, 2.45) is 0 Å². The minimum atomic E-state index is -1.22. The monoisotopic (exact) mass is 709 g/mol. The second kappa shape index (κ2) is 20.3. The number of nitrogens with zero attached hydrogens (tertiary/aromatic N) is 4. The Morgan fingerprint density at radius 1 is 0.784 bits per heavy atom. The summed E-state index contributed by atoms with van der Waals surface area (Å²) in [6, 6.07) is 18.1. The van der Waals surface area contributed by atoms with E-state index in [-0.39, 0.29) is 18.5 Å². The number of hydrogen-bond donors (Lipinski definition) is 0. The van der Waals surface area contributed by atoms with Gasteiger partial charge in [-0.05, 0) is 43.4 Å². The molecular weight excluding hydrogens is 642 g/mol. The van der Waals surface area contributed by atoms with Gasteiger partial charge in [-0.1, -0.05) is 154 Å². The van der Waals surface area contributed by atoms with Crippen LogP contribution in [0.4, 0.5) is 0 Å². The number of aromatic nitrogens is 4. The van der Waals surface area contributed by atoms with E-state index in [4.69, 9.17) is 9.72 Å². The second-order valence-corrected chi connectivity index (χ2v) is 21.6. The van der Waals surface area contributed by atoms with Crippen LogP contribution < -0.4 is 0 Å². The average Bonchev–Trinajstić information content (AvgIpc) is 3.88. The van der Waals surface area contributed by atoms with Crippen LogP contribution >= 0.6 is 0 Å². The fourth-order valence-corrected chi connectivity index (χ4v) is 8.12. The number of rotatable bonds is 24. The Hall–Kier alpha value is -3.03. The molecule has 0 fully saturated rings. The Labute approximate surface area is 312 Å². The van der Waals surface area contributed by atoms with Crippen molar-refractivity contribution >= 4 is 27.6 Å². The van der Waals surface area contributed by atoms with E-state index in [2.05, 4.69) is 117 Å². The molecule has 0 N–H and O–H groups in total. The first kappa shape index (κ1) is 40.7. The van der Waals surface area contributed by atoms with Gasteiger partial charge in [0.15, 0.2) is 0 Å². The lowest BCUT2D eigenvalue weighted by Gasteiger charge is -2.29. The van der Waals surface area contributed by atoms with Gasteiger partial charge in [0, 0.05) is 44.0 Å². The van der Waals surface area contributed by atoms with Crippen molar-refractivity contribution in [2.75, 3.05) is 6.61 Å². The number of benzene rings is 1. The number of hydrogen-bond acceptors (Lipinski definition) is 3. The normalized spacial score (nSPS) is 12.4. The Morgan fingerprint density at radius 2 is 1.39 bits per heavy atom. The molecule has 51 heavy (non-hydrogen) atoms. The Morgan fingerprint density at radius 3 is 1.98 bits per heavy atom. The fourth-order valence-electron chi connectivity index (χ4n) is 7.36. The second-order valence-electron chi connectivity index (χ2n) is 16.0. The summed E-state index contributed by atoms with van der Waals surface area (Å²) in [6.45, 7) is 20.3. The summed E-state index contributed by atoms with van der Waals surface area (Å²) >= 11 is 0. The highest BCUT2D eigenvalue weighted by molar-refractivity contribution is 6.76. The lowest BCUT2D eigenvalue weighted by atomic mass is 9.53. The van der Waals surface area contributed by atoms with Crippen molar-refractivity contribution in [3.63, 3.8) is 0 Å². The molecule has 4 rings (SSSR count). The van der Waals surface area contributed by atoms with Crippen LogP contribution in [0.5, 0.6) is 0 Å². The number of imidazole rings is 1. The first-order chi connectivity index (χ1) is 24.6. The fraction of sp³-hybridized carbons (Fsp3) is 0.571. The van der Waals surface area contributed by atoms with Crippen LogP contribution in [-0.4, -0.2) is 52.7 Å². The van der Waals surface area contributed by atoms with Crippen molar-refractivity contribution in [1.29, 1.82) is 0 Å². The van der Waals surface area contributed by atoms with Gasteiger partial charge in [0.2, 0.25) is 5.78 Å². The van der Waals surface area contributed by atoms with Gasteiger partial charge in [-0.3, -0.25) is 4.79 Å². The van der Waals surface area contributed by atoms with Crippen molar-refractivity contribution in [1.82, 2.24) is 18.5 Å². The van der Waals surface area contributed by atoms with Gasteiger partial charge in [0.1, 0.15) is 12.6 Å². The molecule has 9 heteroatoms. The molecule has 276 valence electrons. The van der Waals surface area contributed by atoms with Gasteiger partial charge in [-0.2, -0.15) is 0 Å². The highest BCUT2D eigenvalue weighted by atomic mass is 28.3. The van der Waals surface area contributed by atoms with E-state index in [0.29, 0.717) is 13.6 Å². The first-order valence-corrected chi connectivity index (χ1v) is 23.9. The van der Waals surface area contributed by atoms with Gasteiger partial charge >= 0.3 is 0 Å². The molecule has 6 nitrogen and oxygen atoms in total. The molecule has 0 saturated heterocycles. The van der Waals surface area contributed by atoms with E-state index in [0.717, 1.165) is 92.0 Å². The molecule has 3 heterocycles. The van der Waals surface area contributed by atoms with Crippen molar-refractivity contribution < 1.29 is 9.53 Å². The van der Waals surface area contributed by atoms with Gasteiger partial charge in [-0.15, -0.1) is 0 Å². The SMILES string of the molecule is CCCCB(CCCC)n1cccc1C(c1nccn1COCC[Si](C)(C)C)c1ccc(C(=O)c2ccc(C)cc2)n1B(CCCC)CCCC. The van der Waals surface area contributed by atoms with E-state index in [1.165, 1.54) is 31.4 Å². The molecule has 1 aromatic carbocycles. The topological polar surface area (TPSA) is 54.0 Å². The number of aryl methyl sites for hydroxylation is 1. The average molecular weight is 709 g/mol. The minimum absolute atomic E-state index is 0.0927. The van der Waals surface area contributed by atoms with E-state index >= 15 is 0 Å². The van der Waals surface area contributed by atoms with Crippen molar-refractivity contribution in [3.05, 3.63) is 101 Å². The predicted octanol–water partition coefficient (Wildman–Crippen LogP) is 11.4. The van der Waals surface area contributed by atoms with Gasteiger partial charge < -0.3 is 18.3 Å². The summed E-state index contributed by atoms with van der Waals surface area (Å²) in [5.41, 5.74) is 5.09. The van der Waals surface area contributed by atoms with E-state index < -0.39 is 8.07 Å². The molecule has 3 aromatic heterocycles. The molecule has 0 amide bonds. The van der Waals surface area contributed by atoms with Crippen LogP contribution in [0.25, 0.3) is 0 Å². The molecule has 0 radical (unpaired) electrons. The highest BCUT2D eigenvalue weighted by Gasteiger charge is 2.34. The zero-order valence-corrected chi connectivity index (χ0v) is 34.3. The molecule has 1 unspecified atom stereocenters. The number of carbonyl (C=O) groups excluding carboxylic acids is 1. The molecule has 0 spiro atoms. The molecule has 0 aliphatic heterocycles. The number of ketones is 1. The third-order valence-corrected chi connectivity index (χ3v) is 12.2. The Bertz CT molecular complexity index is 1590. The summed E-state index contributed by atoms with van der Waals surface area (Å²) in [6.07, 6.45) is 20.0. The van der Waals surface area contributed by atoms with Crippen LogP contribution in [0, 0.1) is 6.92 Å². The van der Waals surface area contributed by atoms with Gasteiger partial charge in [0.05, 0.1) is 11.6 Å². The maximum atomic E-state index is 14.5. The van der Waals surface area contributed by atoms with Crippen LogP contribution in [0.15, 0.2) is 67.1 Å². The number of ether oxygens (including phenoxy) is 1. The number of unbranched alkanes of at least 4 members (excludes halogenated alkanes) is 4. The summed E-state index contributed by atoms with van der Waals surface area (Å²) in [5.74, 6) is 0.910. The summed E-state index contributed by atoms with van der Waals surface area (Å²) in [4.78, 5) is 19.6. The summed E-state index contributed by atoms with van der Waals surface area (Å²) in [5, 5.41) is 0. The molecule has 4 aromatic rings. The van der Waals surface area contributed by atoms with E-state index in [9.17, 15) is 4.79 Å². The molecule has 0 saturated carbocycles. The predicted molar refractivity (Wildman–Crippen MR) is 222 cm³/mol. The van der Waals surface area contributed by atoms with Crippen molar-refractivity contribution in [3.8, 4) is 0 Å². The first-order valence-electron chi connectivity index (χ1n) is 20.2. The Balaban J connectivity index is 1.94. The maximum absolute atomic E-state index is 14.5. The highest BCUT2D eigenvalue weighted by Crippen LogP contribution is 2.36. The summed E-state index contributed by atoms with van der Waals surface area (Å²) in [7, 11) is -1.22. The zero-order valence-electron chi connectivity index (χ0n) is 33.3. The van der Waals surface area contributed by atoms with Crippen molar-refractivity contribution in [2.45, 2.75) is 150 Å². The molecule has 1 atom stereocenters. The standard InChI is InChI=1S/C42H66B2N4O2Si/c1-9-13-25-43(26-14-10-2)47-30-17-18-37(47)40(42-45-29-31-46(42)34-50-32-33-51(6,7)8)38-23-24-39(41(49)36-21-19-35(5)20-22-36)48(38)44(27-15-11-3)28-16-12-4/h17-24,29-31,40H,9-16,25-28,32-34H2,1-8H3. The Kier molecular flexibility index (Phi) is 16.2. The largest absolute Gasteiger partial charge is 0.395 e. The third-order valence-electron chi connectivity index (χ3n) is 10.5. The van der Waals surface area contributed by atoms with E-state index in [1.807, 2.05) is 18.3 Å². The molecular formula is C42H66B2N4O2Si. The maximum Gasteiger partial charge on any atom is 0.260 e. The number of carbonyl (C=O) groups is 1. The van der Waals surface area contributed by atoms with Crippen LogP contribution in [0.2, 0.25) is 51.0 Å². The van der Waals surface area contributed by atoms with Gasteiger partial charge in [0.25, 0.3) is 13.7 Å². The smallest absolute Gasteiger partial charge is 0.260 e. The lowest BCUT2D eigenvalue weighted by molar-refractivity contribution is 0.0849. The third kappa shape index (κ3) is 11.2.